The molecule has 0 heterocycles. The number of nitrogens with one attached hydrogen (secondary N) is 1. The third-order valence-electron chi connectivity index (χ3n) is 4.27. The van der Waals surface area contributed by atoms with Crippen LogP contribution in [0.5, 0.6) is 5.75 Å². The molecular formula is C21H28N2O4. The first-order valence-corrected chi connectivity index (χ1v) is 9.24. The van der Waals surface area contributed by atoms with Crippen LogP contribution in [0.2, 0.25) is 0 Å². The van der Waals surface area contributed by atoms with Gasteiger partial charge in [0.2, 0.25) is 5.91 Å². The van der Waals surface area contributed by atoms with E-state index in [0.717, 1.165) is 35.1 Å². The standard InChI is InChI=1S/C21H28N2O4/c1-23(2)14-5-15-27-19-9-8-16-6-3-4-7-17(16)18(19)12-13-22-20(24)10-11-21(25)26/h3-4,6-9H,5,10-15H2,1-2H3,(H,22,24)(H,25,26). The third-order valence-corrected chi connectivity index (χ3v) is 4.27. The average Bonchev–Trinajstić information content (AvgIpc) is 2.64. The molecule has 2 aromatic carbocycles. The van der Waals surface area contributed by atoms with Gasteiger partial charge in [0.25, 0.3) is 0 Å². The molecule has 0 spiro atoms. The largest absolute Gasteiger partial charge is 0.493 e. The van der Waals surface area contributed by atoms with Crippen LogP contribution < -0.4 is 10.1 Å². The zero-order valence-corrected chi connectivity index (χ0v) is 16.0. The Morgan fingerprint density at radius 2 is 1.89 bits per heavy atom. The topological polar surface area (TPSA) is 78.9 Å². The summed E-state index contributed by atoms with van der Waals surface area (Å²) in [5.41, 5.74) is 1.07. The highest BCUT2D eigenvalue weighted by Crippen LogP contribution is 2.28. The van der Waals surface area contributed by atoms with Crippen molar-refractivity contribution < 1.29 is 19.4 Å². The number of carboxylic acids is 1. The van der Waals surface area contributed by atoms with Crippen molar-refractivity contribution in [3.63, 3.8) is 0 Å². The second-order valence-corrected chi connectivity index (χ2v) is 6.76. The Labute approximate surface area is 160 Å². The summed E-state index contributed by atoms with van der Waals surface area (Å²) in [6.07, 6.45) is 1.41. The van der Waals surface area contributed by atoms with Gasteiger partial charge in [-0.05, 0) is 43.8 Å². The lowest BCUT2D eigenvalue weighted by Gasteiger charge is -2.16. The Balaban J connectivity index is 2.03. The predicted octanol–water partition coefficient (Wildman–Crippen LogP) is 2.69. The van der Waals surface area contributed by atoms with E-state index in [-0.39, 0.29) is 18.7 Å². The first-order valence-electron chi connectivity index (χ1n) is 9.24. The second kappa shape index (κ2) is 10.5. The lowest BCUT2D eigenvalue weighted by molar-refractivity contribution is -0.138. The number of carbonyl (C=O) groups excluding carboxylic acids is 1. The van der Waals surface area contributed by atoms with Crippen LogP contribution in [0, 0.1) is 0 Å². The van der Waals surface area contributed by atoms with Gasteiger partial charge in [-0.2, -0.15) is 0 Å². The van der Waals surface area contributed by atoms with Crippen molar-refractivity contribution >= 4 is 22.6 Å². The van der Waals surface area contributed by atoms with Crippen LogP contribution in [0.25, 0.3) is 10.8 Å². The van der Waals surface area contributed by atoms with Gasteiger partial charge in [-0.1, -0.05) is 30.3 Å². The van der Waals surface area contributed by atoms with Gasteiger partial charge in [-0.3, -0.25) is 9.59 Å². The van der Waals surface area contributed by atoms with Crippen LogP contribution in [0.15, 0.2) is 36.4 Å². The predicted molar refractivity (Wildman–Crippen MR) is 106 cm³/mol. The number of ether oxygens (including phenoxy) is 1. The van der Waals surface area contributed by atoms with E-state index in [9.17, 15) is 9.59 Å². The molecule has 0 fully saturated rings. The van der Waals surface area contributed by atoms with Crippen LogP contribution in [-0.4, -0.2) is 55.7 Å². The maximum Gasteiger partial charge on any atom is 0.303 e. The van der Waals surface area contributed by atoms with Crippen LogP contribution in [0.3, 0.4) is 0 Å². The summed E-state index contributed by atoms with van der Waals surface area (Å²) in [5.74, 6) is -0.369. The quantitative estimate of drug-likeness (QED) is 0.593. The molecule has 0 aliphatic carbocycles. The number of fused-ring (bicyclic) bond motifs is 1. The molecule has 1 amide bonds. The van der Waals surface area contributed by atoms with Gasteiger partial charge in [0.05, 0.1) is 13.0 Å². The minimum Gasteiger partial charge on any atom is -0.493 e. The summed E-state index contributed by atoms with van der Waals surface area (Å²) in [5, 5.41) is 13.7. The molecule has 27 heavy (non-hydrogen) atoms. The number of amides is 1. The van der Waals surface area contributed by atoms with Crippen molar-refractivity contribution in [2.75, 3.05) is 33.8 Å². The summed E-state index contributed by atoms with van der Waals surface area (Å²) >= 11 is 0. The van der Waals surface area contributed by atoms with Gasteiger partial charge in [0, 0.05) is 25.1 Å². The molecule has 0 aliphatic heterocycles. The van der Waals surface area contributed by atoms with Crippen molar-refractivity contribution in [3.8, 4) is 5.75 Å². The molecule has 6 nitrogen and oxygen atoms in total. The van der Waals surface area contributed by atoms with Gasteiger partial charge >= 0.3 is 5.97 Å². The maximum atomic E-state index is 11.8. The number of carbonyl (C=O) groups is 2. The summed E-state index contributed by atoms with van der Waals surface area (Å²) in [6, 6.07) is 12.1. The normalized spacial score (nSPS) is 10.9. The SMILES string of the molecule is CN(C)CCCOc1ccc2ccccc2c1CCNC(=O)CCC(=O)O. The van der Waals surface area contributed by atoms with Gasteiger partial charge in [0.1, 0.15) is 5.75 Å². The van der Waals surface area contributed by atoms with Crippen molar-refractivity contribution in [1.82, 2.24) is 10.2 Å². The summed E-state index contributed by atoms with van der Waals surface area (Å²) < 4.78 is 6.02. The molecule has 2 rings (SSSR count). The van der Waals surface area contributed by atoms with E-state index in [0.29, 0.717) is 19.6 Å². The highest BCUT2D eigenvalue weighted by Gasteiger charge is 2.10. The Morgan fingerprint density at radius 3 is 2.63 bits per heavy atom. The van der Waals surface area contributed by atoms with Crippen molar-refractivity contribution in [3.05, 3.63) is 42.0 Å². The molecule has 0 aliphatic rings. The second-order valence-electron chi connectivity index (χ2n) is 6.76. The van der Waals surface area contributed by atoms with Crippen molar-refractivity contribution in [2.24, 2.45) is 0 Å². The van der Waals surface area contributed by atoms with Crippen LogP contribution in [0.1, 0.15) is 24.8 Å². The lowest BCUT2D eigenvalue weighted by Crippen LogP contribution is -2.26. The van der Waals surface area contributed by atoms with E-state index in [2.05, 4.69) is 22.3 Å². The van der Waals surface area contributed by atoms with E-state index < -0.39 is 5.97 Å². The van der Waals surface area contributed by atoms with Crippen LogP contribution in [0.4, 0.5) is 0 Å². The fourth-order valence-electron chi connectivity index (χ4n) is 2.91. The van der Waals surface area contributed by atoms with Crippen molar-refractivity contribution in [2.45, 2.75) is 25.7 Å². The number of aliphatic carboxylic acids is 1. The average molecular weight is 372 g/mol. The van der Waals surface area contributed by atoms with E-state index >= 15 is 0 Å². The molecule has 0 atom stereocenters. The van der Waals surface area contributed by atoms with E-state index in [1.54, 1.807) is 0 Å². The Kier molecular flexibility index (Phi) is 8.07. The first-order chi connectivity index (χ1) is 13.0. The number of nitrogens with zero attached hydrogens (tertiary/aromatic N) is 1. The fraction of sp³-hybridized carbons (Fsp3) is 0.429. The van der Waals surface area contributed by atoms with E-state index in [1.807, 2.05) is 38.4 Å². The monoisotopic (exact) mass is 372 g/mol. The third kappa shape index (κ3) is 6.90. The Morgan fingerprint density at radius 1 is 1.11 bits per heavy atom. The summed E-state index contributed by atoms with van der Waals surface area (Å²) in [6.45, 7) is 2.04. The molecule has 146 valence electrons. The van der Waals surface area contributed by atoms with Crippen LogP contribution >= 0.6 is 0 Å². The smallest absolute Gasteiger partial charge is 0.303 e. The van der Waals surface area contributed by atoms with Gasteiger partial charge in [-0.25, -0.2) is 0 Å². The summed E-state index contributed by atoms with van der Waals surface area (Å²) in [4.78, 5) is 24.4. The number of hydrogen-bond acceptors (Lipinski definition) is 4. The highest BCUT2D eigenvalue weighted by atomic mass is 16.5. The Bertz CT molecular complexity index is 774. The molecular weight excluding hydrogens is 344 g/mol. The fourth-order valence-corrected chi connectivity index (χ4v) is 2.91. The number of benzene rings is 2. The zero-order chi connectivity index (χ0) is 19.6. The van der Waals surface area contributed by atoms with Crippen molar-refractivity contribution in [1.29, 1.82) is 0 Å². The minimum atomic E-state index is -0.965. The highest BCUT2D eigenvalue weighted by molar-refractivity contribution is 5.88. The Hall–Kier alpha value is -2.60. The lowest BCUT2D eigenvalue weighted by atomic mass is 10.0. The molecule has 0 aromatic heterocycles. The number of hydrogen-bond donors (Lipinski definition) is 2. The molecule has 0 saturated heterocycles. The van der Waals surface area contributed by atoms with Crippen LogP contribution in [-0.2, 0) is 16.0 Å². The van der Waals surface area contributed by atoms with Gasteiger partial charge < -0.3 is 20.1 Å². The molecule has 0 unspecified atom stereocenters. The minimum absolute atomic E-state index is 0.00123. The molecule has 0 saturated carbocycles. The summed E-state index contributed by atoms with van der Waals surface area (Å²) in [7, 11) is 4.07. The van der Waals surface area contributed by atoms with E-state index in [4.69, 9.17) is 9.84 Å². The van der Waals surface area contributed by atoms with Gasteiger partial charge in [0.15, 0.2) is 0 Å². The number of carboxylic acid groups (broad SMARTS) is 1. The number of rotatable bonds is 11. The van der Waals surface area contributed by atoms with Gasteiger partial charge in [-0.15, -0.1) is 0 Å². The first kappa shape index (κ1) is 20.7. The molecule has 6 heteroatoms. The van der Waals surface area contributed by atoms with E-state index in [1.165, 1.54) is 0 Å². The molecule has 2 aromatic rings. The zero-order valence-electron chi connectivity index (χ0n) is 16.0. The maximum absolute atomic E-state index is 11.8. The molecule has 0 radical (unpaired) electrons. The molecule has 0 bridgehead atoms. The molecule has 2 N–H and O–H groups in total.